The number of sulfonamides is 1. The minimum absolute atomic E-state index is 0.239. The van der Waals surface area contributed by atoms with Crippen molar-refractivity contribution in [3.63, 3.8) is 0 Å². The van der Waals surface area contributed by atoms with Gasteiger partial charge in [0.15, 0.2) is 0 Å². The molecule has 5 nitrogen and oxygen atoms in total. The Balaban J connectivity index is 2.14. The van der Waals surface area contributed by atoms with Gasteiger partial charge < -0.3 is 5.32 Å². The van der Waals surface area contributed by atoms with E-state index >= 15 is 0 Å². The number of halogens is 1. The van der Waals surface area contributed by atoms with Crippen molar-refractivity contribution in [3.8, 4) is 0 Å². The smallest absolute Gasteiger partial charge is 0.241 e. The Morgan fingerprint density at radius 2 is 1.73 bits per heavy atom. The maximum absolute atomic E-state index is 13.1. The van der Waals surface area contributed by atoms with Crippen LogP contribution in [-0.4, -0.2) is 27.1 Å². The Labute approximate surface area is 153 Å². The van der Waals surface area contributed by atoms with Gasteiger partial charge in [-0.3, -0.25) is 9.10 Å². The molecule has 2 aromatic rings. The second-order valence-electron chi connectivity index (χ2n) is 6.38. The molecule has 0 fully saturated rings. The van der Waals surface area contributed by atoms with Crippen molar-refractivity contribution in [3.05, 3.63) is 65.0 Å². The zero-order valence-corrected chi connectivity index (χ0v) is 16.1. The molecule has 0 aliphatic carbocycles. The van der Waals surface area contributed by atoms with Crippen LogP contribution in [0.5, 0.6) is 0 Å². The van der Waals surface area contributed by atoms with Crippen molar-refractivity contribution >= 4 is 21.6 Å². The van der Waals surface area contributed by atoms with Gasteiger partial charge in [-0.25, -0.2) is 12.8 Å². The predicted molar refractivity (Wildman–Crippen MR) is 101 cm³/mol. The van der Waals surface area contributed by atoms with E-state index in [9.17, 15) is 17.6 Å². The first-order valence-corrected chi connectivity index (χ1v) is 10.0. The van der Waals surface area contributed by atoms with E-state index in [1.54, 1.807) is 0 Å². The topological polar surface area (TPSA) is 66.5 Å². The fraction of sp³-hybridized carbons (Fsp3) is 0.316. The van der Waals surface area contributed by atoms with Crippen LogP contribution in [0.1, 0.15) is 29.7 Å². The number of hydrogen-bond acceptors (Lipinski definition) is 3. The summed E-state index contributed by atoms with van der Waals surface area (Å²) < 4.78 is 38.1. The molecular weight excluding hydrogens is 355 g/mol. The summed E-state index contributed by atoms with van der Waals surface area (Å²) in [5.41, 5.74) is 3.46. The van der Waals surface area contributed by atoms with Gasteiger partial charge in [-0.1, -0.05) is 18.2 Å². The van der Waals surface area contributed by atoms with Gasteiger partial charge in [0.2, 0.25) is 15.9 Å². The Bertz CT molecular complexity index is 896. The lowest BCUT2D eigenvalue weighted by Crippen LogP contribution is -2.41. The van der Waals surface area contributed by atoms with Gasteiger partial charge in [0.1, 0.15) is 12.4 Å². The highest BCUT2D eigenvalue weighted by Crippen LogP contribution is 2.19. The third-order valence-corrected chi connectivity index (χ3v) is 5.35. The van der Waals surface area contributed by atoms with E-state index in [0.717, 1.165) is 39.4 Å². The number of nitrogens with zero attached hydrogens (tertiary/aromatic N) is 1. The van der Waals surface area contributed by atoms with Crippen molar-refractivity contribution in [1.29, 1.82) is 0 Å². The molecule has 1 atom stereocenters. The fourth-order valence-electron chi connectivity index (χ4n) is 2.54. The highest BCUT2D eigenvalue weighted by atomic mass is 32.2. The first-order chi connectivity index (χ1) is 12.1. The number of aryl methyl sites for hydroxylation is 2. The maximum atomic E-state index is 13.1. The lowest BCUT2D eigenvalue weighted by molar-refractivity contribution is -0.120. The predicted octanol–water partition coefficient (Wildman–Crippen LogP) is 3.09. The number of rotatable bonds is 6. The number of benzene rings is 2. The average molecular weight is 378 g/mol. The molecule has 0 radical (unpaired) electrons. The van der Waals surface area contributed by atoms with Crippen molar-refractivity contribution in [2.24, 2.45) is 0 Å². The second-order valence-corrected chi connectivity index (χ2v) is 8.29. The molecule has 1 unspecified atom stereocenters. The third-order valence-electron chi connectivity index (χ3n) is 4.21. The van der Waals surface area contributed by atoms with Gasteiger partial charge >= 0.3 is 0 Å². The molecule has 0 bridgehead atoms. The standard InChI is InChI=1S/C19H23FN2O3S/c1-13-5-6-16(11-14(13)2)15(3)21-19(23)12-22(26(4,24)25)18-9-7-17(20)8-10-18/h5-11,15H,12H2,1-4H3,(H,21,23). The van der Waals surface area contributed by atoms with Gasteiger partial charge in [0.05, 0.1) is 18.0 Å². The van der Waals surface area contributed by atoms with E-state index in [1.165, 1.54) is 12.1 Å². The van der Waals surface area contributed by atoms with E-state index in [-0.39, 0.29) is 18.3 Å². The van der Waals surface area contributed by atoms with Crippen LogP contribution in [0, 0.1) is 19.7 Å². The first kappa shape index (κ1) is 19.9. The van der Waals surface area contributed by atoms with Crippen LogP contribution in [0.25, 0.3) is 0 Å². The van der Waals surface area contributed by atoms with Crippen molar-refractivity contribution in [1.82, 2.24) is 5.32 Å². The van der Waals surface area contributed by atoms with E-state index in [0.29, 0.717) is 0 Å². The van der Waals surface area contributed by atoms with Crippen LogP contribution in [0.2, 0.25) is 0 Å². The van der Waals surface area contributed by atoms with Gasteiger partial charge in [-0.05, 0) is 61.7 Å². The van der Waals surface area contributed by atoms with Gasteiger partial charge in [-0.15, -0.1) is 0 Å². The molecule has 26 heavy (non-hydrogen) atoms. The molecule has 7 heteroatoms. The number of amides is 1. The Morgan fingerprint density at radius 1 is 1.12 bits per heavy atom. The van der Waals surface area contributed by atoms with Crippen LogP contribution in [-0.2, 0) is 14.8 Å². The van der Waals surface area contributed by atoms with Gasteiger partial charge in [-0.2, -0.15) is 0 Å². The molecule has 1 amide bonds. The Hall–Kier alpha value is -2.41. The van der Waals surface area contributed by atoms with Crippen LogP contribution in [0.15, 0.2) is 42.5 Å². The van der Waals surface area contributed by atoms with E-state index in [4.69, 9.17) is 0 Å². The summed E-state index contributed by atoms with van der Waals surface area (Å²) in [5, 5.41) is 2.81. The summed E-state index contributed by atoms with van der Waals surface area (Å²) in [6.07, 6.45) is 1.01. The molecule has 0 aliphatic heterocycles. The summed E-state index contributed by atoms with van der Waals surface area (Å²) >= 11 is 0. The molecule has 0 saturated heterocycles. The highest BCUT2D eigenvalue weighted by molar-refractivity contribution is 7.92. The molecule has 140 valence electrons. The summed E-state index contributed by atoms with van der Waals surface area (Å²) in [7, 11) is -3.69. The minimum Gasteiger partial charge on any atom is -0.348 e. The molecular formula is C19H23FN2O3S. The molecule has 0 spiro atoms. The summed E-state index contributed by atoms with van der Waals surface area (Å²) in [6.45, 7) is 5.46. The second kappa shape index (κ2) is 7.86. The van der Waals surface area contributed by atoms with Crippen LogP contribution >= 0.6 is 0 Å². The largest absolute Gasteiger partial charge is 0.348 e. The number of anilines is 1. The van der Waals surface area contributed by atoms with Crippen molar-refractivity contribution < 1.29 is 17.6 Å². The van der Waals surface area contributed by atoms with E-state index in [2.05, 4.69) is 5.32 Å². The lowest BCUT2D eigenvalue weighted by atomic mass is 10.0. The quantitative estimate of drug-likeness (QED) is 0.840. The molecule has 0 saturated carbocycles. The van der Waals surface area contributed by atoms with Crippen LogP contribution < -0.4 is 9.62 Å². The number of carbonyl (C=O) groups is 1. The molecule has 0 aliphatic rings. The summed E-state index contributed by atoms with van der Waals surface area (Å²) in [6, 6.07) is 10.6. The third kappa shape index (κ3) is 5.05. The minimum atomic E-state index is -3.69. The molecule has 2 aromatic carbocycles. The molecule has 0 heterocycles. The van der Waals surface area contributed by atoms with Gasteiger partial charge in [0.25, 0.3) is 0 Å². The van der Waals surface area contributed by atoms with E-state index < -0.39 is 21.7 Å². The zero-order chi connectivity index (χ0) is 19.5. The number of nitrogens with one attached hydrogen (secondary N) is 1. The van der Waals surface area contributed by atoms with Gasteiger partial charge in [0, 0.05) is 0 Å². The Kier molecular flexibility index (Phi) is 6.02. The van der Waals surface area contributed by atoms with Crippen LogP contribution in [0.4, 0.5) is 10.1 Å². The Morgan fingerprint density at radius 3 is 2.27 bits per heavy atom. The monoisotopic (exact) mass is 378 g/mol. The van der Waals surface area contributed by atoms with Crippen molar-refractivity contribution in [2.45, 2.75) is 26.8 Å². The number of hydrogen-bond donors (Lipinski definition) is 1. The zero-order valence-electron chi connectivity index (χ0n) is 15.3. The first-order valence-electron chi connectivity index (χ1n) is 8.17. The molecule has 2 rings (SSSR count). The molecule has 1 N–H and O–H groups in total. The van der Waals surface area contributed by atoms with Crippen LogP contribution in [0.3, 0.4) is 0 Å². The van der Waals surface area contributed by atoms with Crippen molar-refractivity contribution in [2.75, 3.05) is 17.1 Å². The maximum Gasteiger partial charge on any atom is 0.241 e. The highest BCUT2D eigenvalue weighted by Gasteiger charge is 2.22. The lowest BCUT2D eigenvalue weighted by Gasteiger charge is -2.23. The SMILES string of the molecule is Cc1ccc(C(C)NC(=O)CN(c2ccc(F)cc2)S(C)(=O)=O)cc1C. The normalized spacial score (nSPS) is 12.5. The van der Waals surface area contributed by atoms with E-state index in [1.807, 2.05) is 39.0 Å². The average Bonchev–Trinajstić information content (AvgIpc) is 2.55. The summed E-state index contributed by atoms with van der Waals surface area (Å²) in [5.74, 6) is -0.916. The fourth-order valence-corrected chi connectivity index (χ4v) is 3.40. The molecule has 0 aromatic heterocycles. The number of carbonyl (C=O) groups excluding carboxylic acids is 1. The summed E-state index contributed by atoms with van der Waals surface area (Å²) in [4.78, 5) is 12.4.